The Kier molecular flexibility index (Phi) is 4.22. The van der Waals surface area contributed by atoms with Gasteiger partial charge in [-0.3, -0.25) is 14.2 Å². The van der Waals surface area contributed by atoms with Gasteiger partial charge in [0.15, 0.2) is 11.4 Å². The molecule has 0 bridgehead atoms. The van der Waals surface area contributed by atoms with Gasteiger partial charge in [0.2, 0.25) is 5.91 Å². The van der Waals surface area contributed by atoms with Crippen LogP contribution in [0.3, 0.4) is 0 Å². The first kappa shape index (κ1) is 16.0. The molecule has 1 N–H and O–H groups in total. The number of anilines is 1. The lowest BCUT2D eigenvalue weighted by atomic mass is 10.1. The monoisotopic (exact) mass is 344 g/mol. The number of benzene rings is 2. The number of nitrogens with zero attached hydrogens (tertiary/aromatic N) is 1. The van der Waals surface area contributed by atoms with Crippen molar-refractivity contribution in [2.24, 2.45) is 0 Å². The first-order valence-electron chi connectivity index (χ1n) is 7.14. The van der Waals surface area contributed by atoms with Crippen molar-refractivity contribution in [1.29, 1.82) is 0 Å². The van der Waals surface area contributed by atoms with E-state index in [4.69, 9.17) is 16.0 Å². The molecule has 0 spiro atoms. The molecule has 1 amide bonds. The average molecular weight is 345 g/mol. The summed E-state index contributed by atoms with van der Waals surface area (Å²) in [7, 11) is 0. The normalized spacial score (nSPS) is 10.8. The molecule has 2 aromatic carbocycles. The fourth-order valence-electron chi connectivity index (χ4n) is 2.35. The van der Waals surface area contributed by atoms with Crippen LogP contribution < -0.4 is 11.1 Å². The first-order chi connectivity index (χ1) is 11.4. The molecule has 1 heterocycles. The zero-order valence-electron chi connectivity index (χ0n) is 12.7. The summed E-state index contributed by atoms with van der Waals surface area (Å²) in [5.74, 6) is -1.14. The summed E-state index contributed by atoms with van der Waals surface area (Å²) in [5.41, 5.74) is 1.78. The number of carbonyl (C=O) groups excluding carboxylic acids is 2. The molecule has 0 radical (unpaired) electrons. The van der Waals surface area contributed by atoms with Gasteiger partial charge in [-0.05, 0) is 31.2 Å². The number of ketones is 1. The number of hydrogen-bond donors (Lipinski definition) is 1. The molecule has 3 rings (SSSR count). The molecule has 0 aliphatic carbocycles. The van der Waals surface area contributed by atoms with E-state index in [1.165, 1.54) is 17.6 Å². The molecular formula is C17H13ClN2O4. The van der Waals surface area contributed by atoms with Crippen LogP contribution in [0.5, 0.6) is 0 Å². The maximum Gasteiger partial charge on any atom is 0.420 e. The van der Waals surface area contributed by atoms with Crippen LogP contribution in [-0.4, -0.2) is 16.3 Å². The summed E-state index contributed by atoms with van der Waals surface area (Å²) in [4.78, 5) is 35.5. The van der Waals surface area contributed by atoms with Gasteiger partial charge in [0.1, 0.15) is 6.54 Å². The summed E-state index contributed by atoms with van der Waals surface area (Å²) in [6.45, 7) is 1.24. The minimum Gasteiger partial charge on any atom is -0.408 e. The lowest BCUT2D eigenvalue weighted by molar-refractivity contribution is -0.116. The molecule has 0 atom stereocenters. The summed E-state index contributed by atoms with van der Waals surface area (Å²) < 4.78 is 6.30. The number of halogens is 1. The average Bonchev–Trinajstić information content (AvgIpc) is 2.82. The second kappa shape index (κ2) is 6.33. The Balaban J connectivity index is 1.83. The predicted molar refractivity (Wildman–Crippen MR) is 90.6 cm³/mol. The lowest BCUT2D eigenvalue weighted by Crippen LogP contribution is -2.24. The van der Waals surface area contributed by atoms with Crippen LogP contribution in [-0.2, 0) is 11.3 Å². The highest BCUT2D eigenvalue weighted by Crippen LogP contribution is 2.18. The Hall–Kier alpha value is -2.86. The Morgan fingerprint density at radius 2 is 2.00 bits per heavy atom. The number of hydrogen-bond acceptors (Lipinski definition) is 4. The highest BCUT2D eigenvalue weighted by atomic mass is 35.5. The van der Waals surface area contributed by atoms with Gasteiger partial charge in [0, 0.05) is 22.3 Å². The van der Waals surface area contributed by atoms with Crippen LogP contribution >= 0.6 is 11.6 Å². The van der Waals surface area contributed by atoms with Crippen molar-refractivity contribution in [3.05, 3.63) is 63.6 Å². The number of carbonyl (C=O) groups is 2. The number of Topliss-reactive ketones (excluding diaryl/α,β-unsaturated/α-hetero) is 1. The number of fused-ring (bicyclic) bond motifs is 1. The van der Waals surface area contributed by atoms with Crippen molar-refractivity contribution in [1.82, 2.24) is 4.57 Å². The van der Waals surface area contributed by atoms with Gasteiger partial charge in [0.25, 0.3) is 0 Å². The summed E-state index contributed by atoms with van der Waals surface area (Å²) in [6.07, 6.45) is 0. The molecule has 0 saturated heterocycles. The topological polar surface area (TPSA) is 81.3 Å². The molecule has 122 valence electrons. The van der Waals surface area contributed by atoms with E-state index in [1.807, 2.05) is 0 Å². The van der Waals surface area contributed by atoms with Crippen LogP contribution in [0.1, 0.15) is 17.3 Å². The fraction of sp³-hybridized carbons (Fsp3) is 0.118. The second-order valence-electron chi connectivity index (χ2n) is 5.25. The van der Waals surface area contributed by atoms with Crippen LogP contribution in [0, 0.1) is 0 Å². The molecule has 3 aromatic rings. The third-order valence-corrected chi connectivity index (χ3v) is 3.72. The van der Waals surface area contributed by atoms with E-state index in [0.717, 1.165) is 0 Å². The standard InChI is InChI=1S/C17H13ClN2O4/c1-10(21)11-3-2-4-13(7-11)19-16(22)9-20-14-6-5-12(18)8-15(14)24-17(20)23/h2-8H,9H2,1H3,(H,19,22). The van der Waals surface area contributed by atoms with E-state index >= 15 is 0 Å². The van der Waals surface area contributed by atoms with Crippen LogP contribution in [0.2, 0.25) is 5.02 Å². The van der Waals surface area contributed by atoms with Crippen molar-refractivity contribution >= 4 is 40.1 Å². The highest BCUT2D eigenvalue weighted by Gasteiger charge is 2.13. The predicted octanol–water partition coefficient (Wildman–Crippen LogP) is 3.09. The Morgan fingerprint density at radius 1 is 1.21 bits per heavy atom. The minimum absolute atomic E-state index is 0.0972. The second-order valence-corrected chi connectivity index (χ2v) is 5.69. The Morgan fingerprint density at radius 3 is 2.75 bits per heavy atom. The SMILES string of the molecule is CC(=O)c1cccc(NC(=O)Cn2c(=O)oc3cc(Cl)ccc32)c1. The number of rotatable bonds is 4. The van der Waals surface area contributed by atoms with Gasteiger partial charge in [-0.15, -0.1) is 0 Å². The molecule has 0 saturated carbocycles. The van der Waals surface area contributed by atoms with Gasteiger partial charge in [-0.2, -0.15) is 0 Å². The van der Waals surface area contributed by atoms with Crippen LogP contribution in [0.15, 0.2) is 51.7 Å². The summed E-state index contributed by atoms with van der Waals surface area (Å²) in [5, 5.41) is 3.10. The molecule has 1 aromatic heterocycles. The zero-order chi connectivity index (χ0) is 17.3. The van der Waals surface area contributed by atoms with Crippen LogP contribution in [0.4, 0.5) is 5.69 Å². The van der Waals surface area contributed by atoms with Gasteiger partial charge in [-0.1, -0.05) is 23.7 Å². The van der Waals surface area contributed by atoms with Crippen molar-refractivity contribution in [3.8, 4) is 0 Å². The van der Waals surface area contributed by atoms with Gasteiger partial charge in [0.05, 0.1) is 5.52 Å². The number of oxazole rings is 1. The maximum absolute atomic E-state index is 12.2. The minimum atomic E-state index is -0.639. The van der Waals surface area contributed by atoms with E-state index in [2.05, 4.69) is 5.32 Å². The zero-order valence-corrected chi connectivity index (χ0v) is 13.5. The van der Waals surface area contributed by atoms with Gasteiger partial charge >= 0.3 is 5.76 Å². The molecule has 6 nitrogen and oxygen atoms in total. The quantitative estimate of drug-likeness (QED) is 0.737. The molecule has 0 fully saturated rings. The van der Waals surface area contributed by atoms with Crippen molar-refractivity contribution in [2.45, 2.75) is 13.5 Å². The Bertz CT molecular complexity index is 1000. The number of nitrogens with one attached hydrogen (secondary N) is 1. The van der Waals surface area contributed by atoms with Gasteiger partial charge in [-0.25, -0.2) is 4.79 Å². The molecule has 7 heteroatoms. The fourth-order valence-corrected chi connectivity index (χ4v) is 2.51. The highest BCUT2D eigenvalue weighted by molar-refractivity contribution is 6.31. The smallest absolute Gasteiger partial charge is 0.408 e. The van der Waals surface area contributed by atoms with Crippen molar-refractivity contribution in [2.75, 3.05) is 5.32 Å². The molecule has 0 aliphatic heterocycles. The molecule has 0 aliphatic rings. The van der Waals surface area contributed by atoms with E-state index < -0.39 is 11.7 Å². The summed E-state index contributed by atoms with van der Waals surface area (Å²) >= 11 is 5.86. The van der Waals surface area contributed by atoms with E-state index in [9.17, 15) is 14.4 Å². The third-order valence-electron chi connectivity index (χ3n) is 3.48. The number of amides is 1. The van der Waals surface area contributed by atoms with E-state index in [-0.39, 0.29) is 12.3 Å². The molecular weight excluding hydrogens is 332 g/mol. The van der Waals surface area contributed by atoms with Gasteiger partial charge < -0.3 is 9.73 Å². The number of aromatic nitrogens is 1. The lowest BCUT2D eigenvalue weighted by Gasteiger charge is -2.07. The maximum atomic E-state index is 12.2. The van der Waals surface area contributed by atoms with Crippen molar-refractivity contribution in [3.63, 3.8) is 0 Å². The summed E-state index contributed by atoms with van der Waals surface area (Å²) in [6, 6.07) is 11.3. The molecule has 24 heavy (non-hydrogen) atoms. The molecule has 0 unspecified atom stereocenters. The van der Waals surface area contributed by atoms with E-state index in [0.29, 0.717) is 27.4 Å². The Labute approximate surface area is 141 Å². The van der Waals surface area contributed by atoms with E-state index in [1.54, 1.807) is 36.4 Å². The largest absolute Gasteiger partial charge is 0.420 e. The third kappa shape index (κ3) is 3.23. The van der Waals surface area contributed by atoms with Crippen LogP contribution in [0.25, 0.3) is 11.1 Å². The van der Waals surface area contributed by atoms with Crippen molar-refractivity contribution < 1.29 is 14.0 Å². The first-order valence-corrected chi connectivity index (χ1v) is 7.51.